The Morgan fingerprint density at radius 2 is 1.93 bits per heavy atom. The van der Waals surface area contributed by atoms with Gasteiger partial charge in [0.05, 0.1) is 6.33 Å². The van der Waals surface area contributed by atoms with E-state index in [-0.39, 0.29) is 17.9 Å². The standard InChI is InChI=1S/C19H25FN4O3S/c1-14(2)18(22-28(26,27)17-6-4-3-5-16(17)20)19(25)23-10-7-15(8-11-23)24-12-9-21-13-24/h3-6,9,12-15,18,22H,7-8,10-11H2,1-2H3/t18-/m0/s1. The van der Waals surface area contributed by atoms with Gasteiger partial charge in [-0.2, -0.15) is 4.72 Å². The molecule has 0 radical (unpaired) electrons. The number of piperidine rings is 1. The molecule has 0 unspecified atom stereocenters. The molecule has 28 heavy (non-hydrogen) atoms. The van der Waals surface area contributed by atoms with Crippen LogP contribution in [0.4, 0.5) is 4.39 Å². The van der Waals surface area contributed by atoms with Crippen LogP contribution in [0.2, 0.25) is 0 Å². The lowest BCUT2D eigenvalue weighted by Gasteiger charge is -2.35. The molecule has 1 fully saturated rings. The van der Waals surface area contributed by atoms with Crippen molar-refractivity contribution in [3.05, 3.63) is 48.8 Å². The van der Waals surface area contributed by atoms with Gasteiger partial charge in [-0.25, -0.2) is 17.8 Å². The van der Waals surface area contributed by atoms with Crippen molar-refractivity contribution >= 4 is 15.9 Å². The molecule has 1 aliphatic heterocycles. The van der Waals surface area contributed by atoms with Crippen molar-refractivity contribution in [3.8, 4) is 0 Å². The van der Waals surface area contributed by atoms with Gasteiger partial charge in [-0.1, -0.05) is 26.0 Å². The van der Waals surface area contributed by atoms with Crippen LogP contribution in [-0.2, 0) is 14.8 Å². The van der Waals surface area contributed by atoms with E-state index in [0.29, 0.717) is 13.1 Å². The molecule has 1 saturated heterocycles. The summed E-state index contributed by atoms with van der Waals surface area (Å²) >= 11 is 0. The highest BCUT2D eigenvalue weighted by Gasteiger charge is 2.34. The van der Waals surface area contributed by atoms with Crippen molar-refractivity contribution in [2.24, 2.45) is 5.92 Å². The maximum Gasteiger partial charge on any atom is 0.244 e. The predicted octanol–water partition coefficient (Wildman–Crippen LogP) is 2.19. The van der Waals surface area contributed by atoms with Gasteiger partial charge in [0.25, 0.3) is 0 Å². The van der Waals surface area contributed by atoms with E-state index in [4.69, 9.17) is 0 Å². The molecule has 1 aromatic carbocycles. The first-order chi connectivity index (χ1) is 13.3. The summed E-state index contributed by atoms with van der Waals surface area (Å²) < 4.78 is 43.7. The Morgan fingerprint density at radius 3 is 2.50 bits per heavy atom. The quantitative estimate of drug-likeness (QED) is 0.794. The van der Waals surface area contributed by atoms with E-state index in [1.807, 2.05) is 10.8 Å². The minimum Gasteiger partial charge on any atom is -0.341 e. The third-order valence-corrected chi connectivity index (χ3v) is 6.54. The largest absolute Gasteiger partial charge is 0.341 e. The Morgan fingerprint density at radius 1 is 1.25 bits per heavy atom. The number of likely N-dealkylation sites (tertiary alicyclic amines) is 1. The summed E-state index contributed by atoms with van der Waals surface area (Å²) in [4.78, 5) is 18.3. The predicted molar refractivity (Wildman–Crippen MR) is 102 cm³/mol. The van der Waals surface area contributed by atoms with Crippen molar-refractivity contribution in [3.63, 3.8) is 0 Å². The van der Waals surface area contributed by atoms with Crippen molar-refractivity contribution in [1.29, 1.82) is 0 Å². The highest BCUT2D eigenvalue weighted by molar-refractivity contribution is 7.89. The second kappa shape index (κ2) is 8.40. The number of halogens is 1. The molecule has 1 atom stereocenters. The van der Waals surface area contributed by atoms with Crippen molar-refractivity contribution in [1.82, 2.24) is 19.2 Å². The molecule has 152 valence electrons. The van der Waals surface area contributed by atoms with E-state index < -0.39 is 26.8 Å². The van der Waals surface area contributed by atoms with Gasteiger partial charge < -0.3 is 9.47 Å². The molecule has 0 bridgehead atoms. The monoisotopic (exact) mass is 408 g/mol. The van der Waals surface area contributed by atoms with E-state index in [1.165, 1.54) is 18.2 Å². The van der Waals surface area contributed by atoms with E-state index in [1.54, 1.807) is 31.3 Å². The summed E-state index contributed by atoms with van der Waals surface area (Å²) in [5.41, 5.74) is 0. The van der Waals surface area contributed by atoms with Crippen LogP contribution in [-0.4, -0.2) is 47.9 Å². The zero-order chi connectivity index (χ0) is 20.3. The number of hydrogen-bond donors (Lipinski definition) is 1. The first-order valence-corrected chi connectivity index (χ1v) is 10.8. The molecule has 1 amide bonds. The maximum atomic E-state index is 13.9. The molecule has 3 rings (SSSR count). The van der Waals surface area contributed by atoms with Crippen LogP contribution in [0.15, 0.2) is 47.9 Å². The number of benzene rings is 1. The summed E-state index contributed by atoms with van der Waals surface area (Å²) in [6.45, 7) is 4.61. The normalized spacial score (nSPS) is 17.1. The number of amides is 1. The summed E-state index contributed by atoms with van der Waals surface area (Å²) in [6.07, 6.45) is 6.94. The van der Waals surface area contributed by atoms with Crippen LogP contribution < -0.4 is 4.72 Å². The van der Waals surface area contributed by atoms with Gasteiger partial charge in [0.15, 0.2) is 0 Å². The Balaban J connectivity index is 1.70. The number of sulfonamides is 1. The fourth-order valence-corrected chi connectivity index (χ4v) is 4.85. The van der Waals surface area contributed by atoms with Crippen LogP contribution in [0, 0.1) is 11.7 Å². The third-order valence-electron chi connectivity index (χ3n) is 5.06. The van der Waals surface area contributed by atoms with Crippen LogP contribution >= 0.6 is 0 Å². The third kappa shape index (κ3) is 4.41. The minimum atomic E-state index is -4.15. The molecule has 1 aliphatic rings. The molecule has 7 nitrogen and oxygen atoms in total. The summed E-state index contributed by atoms with van der Waals surface area (Å²) in [5, 5.41) is 0. The number of nitrogens with zero attached hydrogens (tertiary/aromatic N) is 3. The number of hydrogen-bond acceptors (Lipinski definition) is 4. The van der Waals surface area contributed by atoms with Crippen molar-refractivity contribution in [2.75, 3.05) is 13.1 Å². The highest BCUT2D eigenvalue weighted by Crippen LogP contribution is 2.24. The van der Waals surface area contributed by atoms with E-state index in [2.05, 4.69) is 9.71 Å². The maximum absolute atomic E-state index is 13.9. The average molecular weight is 408 g/mol. The van der Waals surface area contributed by atoms with Gasteiger partial charge in [-0.3, -0.25) is 4.79 Å². The number of carbonyl (C=O) groups is 1. The molecule has 0 spiro atoms. The van der Waals surface area contributed by atoms with E-state index >= 15 is 0 Å². The van der Waals surface area contributed by atoms with Gasteiger partial charge in [0.1, 0.15) is 16.8 Å². The Kier molecular flexibility index (Phi) is 6.14. The number of aromatic nitrogens is 2. The van der Waals surface area contributed by atoms with E-state index in [0.717, 1.165) is 18.9 Å². The number of imidazole rings is 1. The van der Waals surface area contributed by atoms with Crippen LogP contribution in [0.25, 0.3) is 0 Å². The molecule has 1 aromatic heterocycles. The summed E-state index contributed by atoms with van der Waals surface area (Å²) in [7, 11) is -4.15. The lowest BCUT2D eigenvalue weighted by Crippen LogP contribution is -2.53. The van der Waals surface area contributed by atoms with Gasteiger partial charge in [-0.05, 0) is 30.9 Å². The van der Waals surface area contributed by atoms with Gasteiger partial charge in [-0.15, -0.1) is 0 Å². The molecule has 9 heteroatoms. The molecule has 2 aromatic rings. The lowest BCUT2D eigenvalue weighted by molar-refractivity contribution is -0.135. The second-order valence-electron chi connectivity index (χ2n) is 7.34. The summed E-state index contributed by atoms with van der Waals surface area (Å²) in [6, 6.07) is 4.47. The molecule has 0 aliphatic carbocycles. The molecule has 2 heterocycles. The molecular weight excluding hydrogens is 383 g/mol. The Labute approximate surface area is 164 Å². The molecule has 1 N–H and O–H groups in total. The topological polar surface area (TPSA) is 84.3 Å². The fourth-order valence-electron chi connectivity index (χ4n) is 3.43. The van der Waals surface area contributed by atoms with Gasteiger partial charge >= 0.3 is 0 Å². The zero-order valence-corrected chi connectivity index (χ0v) is 16.8. The van der Waals surface area contributed by atoms with Crippen molar-refractivity contribution < 1.29 is 17.6 Å². The number of carbonyl (C=O) groups excluding carboxylic acids is 1. The minimum absolute atomic E-state index is 0.277. The number of rotatable bonds is 6. The van der Waals surface area contributed by atoms with Crippen LogP contribution in [0.3, 0.4) is 0 Å². The van der Waals surface area contributed by atoms with Crippen LogP contribution in [0.5, 0.6) is 0 Å². The average Bonchev–Trinajstić information content (AvgIpc) is 3.20. The molecule has 0 saturated carbocycles. The first-order valence-electron chi connectivity index (χ1n) is 9.32. The fraction of sp³-hybridized carbons (Fsp3) is 0.474. The Bertz CT molecular complexity index is 907. The van der Waals surface area contributed by atoms with Crippen molar-refractivity contribution in [2.45, 2.75) is 43.7 Å². The summed E-state index contributed by atoms with van der Waals surface area (Å²) in [5.74, 6) is -1.40. The lowest BCUT2D eigenvalue weighted by atomic mass is 10.0. The Hall–Kier alpha value is -2.26. The van der Waals surface area contributed by atoms with Gasteiger partial charge in [0.2, 0.25) is 15.9 Å². The van der Waals surface area contributed by atoms with Gasteiger partial charge in [0, 0.05) is 31.5 Å². The second-order valence-corrected chi connectivity index (χ2v) is 9.02. The first kappa shape index (κ1) is 20.5. The molecular formula is C19H25FN4O3S. The van der Waals surface area contributed by atoms with Crippen LogP contribution in [0.1, 0.15) is 32.7 Å². The van der Waals surface area contributed by atoms with E-state index in [9.17, 15) is 17.6 Å². The number of nitrogens with one attached hydrogen (secondary N) is 1. The smallest absolute Gasteiger partial charge is 0.244 e. The highest BCUT2D eigenvalue weighted by atomic mass is 32.2. The SMILES string of the molecule is CC(C)[C@H](NS(=O)(=O)c1ccccc1F)C(=O)N1CCC(n2ccnc2)CC1. The zero-order valence-electron chi connectivity index (χ0n) is 16.0.